The Hall–Kier alpha value is -1.22. The van der Waals surface area contributed by atoms with Gasteiger partial charge in [0.2, 0.25) is 0 Å². The molecular formula is C17H27NO2. The highest BCUT2D eigenvalue weighted by Gasteiger charge is 2.24. The van der Waals surface area contributed by atoms with Crippen molar-refractivity contribution in [1.82, 2.24) is 0 Å². The number of benzene rings is 1. The van der Waals surface area contributed by atoms with Crippen LogP contribution in [0.1, 0.15) is 57.6 Å². The second-order valence-corrected chi connectivity index (χ2v) is 5.67. The summed E-state index contributed by atoms with van der Waals surface area (Å²) in [7, 11) is 1.67. The van der Waals surface area contributed by atoms with Crippen LogP contribution in [0.15, 0.2) is 18.2 Å². The Kier molecular flexibility index (Phi) is 5.30. The van der Waals surface area contributed by atoms with Crippen molar-refractivity contribution in [3.05, 3.63) is 23.8 Å². The summed E-state index contributed by atoms with van der Waals surface area (Å²) in [6.45, 7) is 5.15. The Morgan fingerprint density at radius 2 is 2.15 bits per heavy atom. The van der Waals surface area contributed by atoms with Gasteiger partial charge < -0.3 is 14.7 Å². The first-order valence-corrected chi connectivity index (χ1v) is 7.80. The van der Waals surface area contributed by atoms with E-state index in [1.807, 2.05) is 19.1 Å². The maximum absolute atomic E-state index is 10.2. The van der Waals surface area contributed by atoms with Gasteiger partial charge in [-0.2, -0.15) is 0 Å². The molecule has 1 aromatic rings. The number of aliphatic hydroxyl groups excluding tert-OH is 1. The smallest absolute Gasteiger partial charge is 0.126 e. The summed E-state index contributed by atoms with van der Waals surface area (Å²) in [5.41, 5.74) is 2.07. The molecule has 1 fully saturated rings. The van der Waals surface area contributed by atoms with Crippen molar-refractivity contribution in [2.24, 2.45) is 0 Å². The van der Waals surface area contributed by atoms with E-state index in [0.717, 1.165) is 30.0 Å². The third-order valence-corrected chi connectivity index (χ3v) is 4.34. The summed E-state index contributed by atoms with van der Waals surface area (Å²) in [6, 6.07) is 6.66. The first-order chi connectivity index (χ1) is 9.69. The molecule has 1 saturated heterocycles. The van der Waals surface area contributed by atoms with E-state index in [-0.39, 0.29) is 0 Å². The number of anilines is 1. The van der Waals surface area contributed by atoms with Gasteiger partial charge in [-0.25, -0.2) is 0 Å². The van der Waals surface area contributed by atoms with Crippen molar-refractivity contribution in [3.8, 4) is 5.75 Å². The van der Waals surface area contributed by atoms with E-state index in [0.29, 0.717) is 6.04 Å². The SMILES string of the molecule is CCC1CCCCCN1c1cccc(OC)c1[C@@H](C)O. The van der Waals surface area contributed by atoms with E-state index in [1.165, 1.54) is 25.7 Å². The molecule has 3 heteroatoms. The van der Waals surface area contributed by atoms with Crippen LogP contribution >= 0.6 is 0 Å². The minimum Gasteiger partial charge on any atom is -0.496 e. The summed E-state index contributed by atoms with van der Waals surface area (Å²) in [5, 5.41) is 10.2. The van der Waals surface area contributed by atoms with Gasteiger partial charge in [-0.1, -0.05) is 25.8 Å². The fourth-order valence-electron chi connectivity index (χ4n) is 3.30. The molecule has 0 aromatic heterocycles. The van der Waals surface area contributed by atoms with Gasteiger partial charge in [0.25, 0.3) is 0 Å². The standard InChI is InChI=1S/C17H27NO2/c1-4-14-9-6-5-7-12-18(14)15-10-8-11-16(20-3)17(15)13(2)19/h8,10-11,13-14,19H,4-7,9,12H2,1-3H3/t13-,14?/m1/s1. The monoisotopic (exact) mass is 277 g/mol. The average Bonchev–Trinajstić information content (AvgIpc) is 2.71. The highest BCUT2D eigenvalue weighted by atomic mass is 16.5. The molecule has 1 unspecified atom stereocenters. The molecule has 2 rings (SSSR count). The lowest BCUT2D eigenvalue weighted by atomic mass is 10.0. The van der Waals surface area contributed by atoms with Crippen molar-refractivity contribution in [2.75, 3.05) is 18.6 Å². The third-order valence-electron chi connectivity index (χ3n) is 4.34. The first-order valence-electron chi connectivity index (χ1n) is 7.80. The largest absolute Gasteiger partial charge is 0.496 e. The highest BCUT2D eigenvalue weighted by molar-refractivity contribution is 5.61. The third kappa shape index (κ3) is 3.09. The number of ether oxygens (including phenoxy) is 1. The van der Waals surface area contributed by atoms with Crippen LogP contribution in [0, 0.1) is 0 Å². The molecule has 112 valence electrons. The van der Waals surface area contributed by atoms with Crippen molar-refractivity contribution in [1.29, 1.82) is 0 Å². The second kappa shape index (κ2) is 6.98. The lowest BCUT2D eigenvalue weighted by Gasteiger charge is -2.34. The lowest BCUT2D eigenvalue weighted by molar-refractivity contribution is 0.194. The van der Waals surface area contributed by atoms with Crippen LogP contribution < -0.4 is 9.64 Å². The quantitative estimate of drug-likeness (QED) is 0.905. The predicted molar refractivity (Wildman–Crippen MR) is 83.5 cm³/mol. The Bertz CT molecular complexity index is 431. The molecule has 0 radical (unpaired) electrons. The number of nitrogens with zero attached hydrogens (tertiary/aromatic N) is 1. The van der Waals surface area contributed by atoms with Crippen molar-refractivity contribution < 1.29 is 9.84 Å². The Morgan fingerprint density at radius 1 is 1.35 bits per heavy atom. The highest BCUT2D eigenvalue weighted by Crippen LogP contribution is 2.37. The van der Waals surface area contributed by atoms with Crippen LogP contribution in [0.3, 0.4) is 0 Å². The fraction of sp³-hybridized carbons (Fsp3) is 0.647. The summed E-state index contributed by atoms with van der Waals surface area (Å²) in [4.78, 5) is 2.48. The van der Waals surface area contributed by atoms with E-state index in [4.69, 9.17) is 4.74 Å². The number of aliphatic hydroxyl groups is 1. The zero-order chi connectivity index (χ0) is 14.5. The molecule has 1 aliphatic rings. The van der Waals surface area contributed by atoms with Crippen LogP contribution in [0.2, 0.25) is 0 Å². The number of methoxy groups -OCH3 is 1. The number of hydrogen-bond donors (Lipinski definition) is 1. The summed E-state index contributed by atoms with van der Waals surface area (Å²) in [5.74, 6) is 0.789. The Balaban J connectivity index is 2.43. The summed E-state index contributed by atoms with van der Waals surface area (Å²) < 4.78 is 5.45. The maximum Gasteiger partial charge on any atom is 0.126 e. The van der Waals surface area contributed by atoms with Gasteiger partial charge in [0.05, 0.1) is 13.2 Å². The molecule has 1 aliphatic heterocycles. The number of hydrogen-bond acceptors (Lipinski definition) is 3. The van der Waals surface area contributed by atoms with Gasteiger partial charge in [-0.3, -0.25) is 0 Å². The molecule has 3 nitrogen and oxygen atoms in total. The predicted octanol–water partition coefficient (Wildman–Crippen LogP) is 3.91. The van der Waals surface area contributed by atoms with Crippen molar-refractivity contribution in [2.45, 2.75) is 58.1 Å². The molecule has 1 heterocycles. The molecule has 0 bridgehead atoms. The minimum absolute atomic E-state index is 0.512. The molecule has 20 heavy (non-hydrogen) atoms. The van der Waals surface area contributed by atoms with Gasteiger partial charge in [0.15, 0.2) is 0 Å². The normalized spacial score (nSPS) is 21.4. The van der Waals surface area contributed by atoms with Gasteiger partial charge in [0.1, 0.15) is 5.75 Å². The molecule has 1 aromatic carbocycles. The van der Waals surface area contributed by atoms with E-state index in [1.54, 1.807) is 7.11 Å². The molecule has 0 amide bonds. The second-order valence-electron chi connectivity index (χ2n) is 5.67. The summed E-state index contributed by atoms with van der Waals surface area (Å²) >= 11 is 0. The molecule has 0 saturated carbocycles. The minimum atomic E-state index is -0.512. The van der Waals surface area contributed by atoms with Crippen molar-refractivity contribution in [3.63, 3.8) is 0 Å². The van der Waals surface area contributed by atoms with Crippen LogP contribution in [-0.2, 0) is 0 Å². The van der Waals surface area contributed by atoms with E-state index in [2.05, 4.69) is 17.9 Å². The van der Waals surface area contributed by atoms with E-state index in [9.17, 15) is 5.11 Å². The average molecular weight is 277 g/mol. The van der Waals surface area contributed by atoms with Crippen LogP contribution in [-0.4, -0.2) is 24.8 Å². The van der Waals surface area contributed by atoms with Gasteiger partial charge >= 0.3 is 0 Å². The zero-order valence-electron chi connectivity index (χ0n) is 12.9. The van der Waals surface area contributed by atoms with E-state index < -0.39 is 6.10 Å². The molecular weight excluding hydrogens is 250 g/mol. The van der Waals surface area contributed by atoms with Gasteiger partial charge in [-0.05, 0) is 38.3 Å². The maximum atomic E-state index is 10.2. The molecule has 2 atom stereocenters. The van der Waals surface area contributed by atoms with Crippen LogP contribution in [0.25, 0.3) is 0 Å². The van der Waals surface area contributed by atoms with Gasteiger partial charge in [-0.15, -0.1) is 0 Å². The van der Waals surface area contributed by atoms with E-state index >= 15 is 0 Å². The Labute approximate surface area is 122 Å². The molecule has 1 N–H and O–H groups in total. The summed E-state index contributed by atoms with van der Waals surface area (Å²) in [6.07, 6.45) is 5.72. The topological polar surface area (TPSA) is 32.7 Å². The first kappa shape index (κ1) is 15.2. The van der Waals surface area contributed by atoms with Gasteiger partial charge in [0, 0.05) is 23.8 Å². The molecule has 0 aliphatic carbocycles. The van der Waals surface area contributed by atoms with Crippen LogP contribution in [0.5, 0.6) is 5.75 Å². The Morgan fingerprint density at radius 3 is 2.80 bits per heavy atom. The van der Waals surface area contributed by atoms with Crippen molar-refractivity contribution >= 4 is 5.69 Å². The zero-order valence-corrected chi connectivity index (χ0v) is 12.9. The van der Waals surface area contributed by atoms with Crippen LogP contribution in [0.4, 0.5) is 5.69 Å². The fourth-order valence-corrected chi connectivity index (χ4v) is 3.30. The molecule has 0 spiro atoms. The number of rotatable bonds is 4. The lowest BCUT2D eigenvalue weighted by Crippen LogP contribution is -2.35.